The number of aromatic nitrogens is 1. The first kappa shape index (κ1) is 24.6. The number of anilines is 3. The molecule has 0 spiro atoms. The number of nitrogens with zero attached hydrogens (tertiary/aromatic N) is 4. The minimum Gasteiger partial charge on any atom is -0.378 e. The van der Waals surface area contributed by atoms with Crippen molar-refractivity contribution < 1.29 is 4.79 Å². The molecular weight excluding hydrogens is 470 g/mol. The van der Waals surface area contributed by atoms with Gasteiger partial charge in [0.1, 0.15) is 0 Å². The van der Waals surface area contributed by atoms with E-state index in [0.717, 1.165) is 62.5 Å². The molecule has 1 aromatic heterocycles. The van der Waals surface area contributed by atoms with Gasteiger partial charge in [0, 0.05) is 87.0 Å². The van der Waals surface area contributed by atoms with Crippen LogP contribution >= 0.6 is 0 Å². The van der Waals surface area contributed by atoms with Gasteiger partial charge in [-0.15, -0.1) is 0 Å². The second kappa shape index (κ2) is 10.5. The van der Waals surface area contributed by atoms with Gasteiger partial charge in [0.25, 0.3) is 0 Å². The zero-order chi connectivity index (χ0) is 26.1. The Labute approximate surface area is 225 Å². The molecule has 6 nitrogen and oxygen atoms in total. The summed E-state index contributed by atoms with van der Waals surface area (Å²) in [5.41, 5.74) is 7.09. The molecule has 3 aromatic carbocycles. The predicted octanol–water partition coefficient (Wildman–Crippen LogP) is 4.95. The minimum absolute atomic E-state index is 0.192. The summed E-state index contributed by atoms with van der Waals surface area (Å²) >= 11 is 0. The van der Waals surface area contributed by atoms with Crippen molar-refractivity contribution in [1.82, 2.24) is 9.88 Å². The van der Waals surface area contributed by atoms with Crippen molar-refractivity contribution in [2.45, 2.75) is 25.3 Å². The Morgan fingerprint density at radius 2 is 1.66 bits per heavy atom. The fraction of sp³-hybridized carbons (Fsp3) is 0.344. The number of carbonyl (C=O) groups is 1. The molecule has 1 saturated heterocycles. The van der Waals surface area contributed by atoms with E-state index >= 15 is 0 Å². The molecule has 1 fully saturated rings. The molecule has 3 heterocycles. The summed E-state index contributed by atoms with van der Waals surface area (Å²) in [7, 11) is 4.08. The van der Waals surface area contributed by atoms with Gasteiger partial charge in [-0.05, 0) is 60.4 Å². The van der Waals surface area contributed by atoms with Crippen molar-refractivity contribution in [2.75, 3.05) is 61.5 Å². The molecule has 1 N–H and O–H groups in total. The van der Waals surface area contributed by atoms with Crippen LogP contribution in [-0.2, 0) is 17.6 Å². The summed E-state index contributed by atoms with van der Waals surface area (Å²) in [6, 6.07) is 25.7. The summed E-state index contributed by atoms with van der Waals surface area (Å²) in [6.45, 7) is 4.93. The molecule has 2 aliphatic heterocycles. The molecule has 0 bridgehead atoms. The summed E-state index contributed by atoms with van der Waals surface area (Å²) in [4.78, 5) is 26.4. The highest BCUT2D eigenvalue weighted by atomic mass is 16.2. The third-order valence-electron chi connectivity index (χ3n) is 8.19. The molecule has 0 radical (unpaired) electrons. The van der Waals surface area contributed by atoms with Gasteiger partial charge in [-0.1, -0.05) is 36.4 Å². The van der Waals surface area contributed by atoms with E-state index in [9.17, 15) is 4.79 Å². The largest absolute Gasteiger partial charge is 0.378 e. The number of aromatic amines is 1. The fourth-order valence-corrected chi connectivity index (χ4v) is 6.10. The molecule has 0 aliphatic carbocycles. The van der Waals surface area contributed by atoms with Crippen molar-refractivity contribution in [3.05, 3.63) is 90.1 Å². The monoisotopic (exact) mass is 507 g/mol. The first-order valence-corrected chi connectivity index (χ1v) is 13.8. The summed E-state index contributed by atoms with van der Waals surface area (Å²) in [5.74, 6) is 0.192. The summed E-state index contributed by atoms with van der Waals surface area (Å²) < 4.78 is 0. The van der Waals surface area contributed by atoms with Crippen LogP contribution in [0.2, 0.25) is 0 Å². The number of hydrogen-bond acceptors (Lipinski definition) is 4. The second-order valence-corrected chi connectivity index (χ2v) is 10.8. The lowest BCUT2D eigenvalue weighted by molar-refractivity contribution is -0.118. The van der Waals surface area contributed by atoms with Crippen molar-refractivity contribution in [2.24, 2.45) is 0 Å². The summed E-state index contributed by atoms with van der Waals surface area (Å²) in [6.07, 6.45) is 4.48. The number of benzene rings is 3. The molecule has 2 aliphatic rings. The number of hydrogen-bond donors (Lipinski definition) is 1. The normalized spacial score (nSPS) is 18.0. The third kappa shape index (κ3) is 4.88. The average molecular weight is 508 g/mol. The van der Waals surface area contributed by atoms with E-state index in [4.69, 9.17) is 0 Å². The van der Waals surface area contributed by atoms with Crippen molar-refractivity contribution in [1.29, 1.82) is 0 Å². The van der Waals surface area contributed by atoms with Crippen LogP contribution in [0.4, 0.5) is 17.1 Å². The molecule has 6 heteroatoms. The van der Waals surface area contributed by atoms with E-state index in [0.29, 0.717) is 6.42 Å². The van der Waals surface area contributed by atoms with E-state index in [-0.39, 0.29) is 11.9 Å². The lowest BCUT2D eigenvalue weighted by atomic mass is 9.94. The Bertz CT molecular complexity index is 1400. The van der Waals surface area contributed by atoms with Gasteiger partial charge in [0.05, 0.1) is 6.42 Å². The number of H-pyrrole nitrogens is 1. The Hall–Kier alpha value is -3.77. The van der Waals surface area contributed by atoms with Gasteiger partial charge < -0.3 is 19.7 Å². The zero-order valence-corrected chi connectivity index (χ0v) is 22.4. The maximum atomic E-state index is 13.8. The summed E-state index contributed by atoms with van der Waals surface area (Å²) in [5, 5.41) is 1.29. The quantitative estimate of drug-likeness (QED) is 0.401. The van der Waals surface area contributed by atoms with Crippen LogP contribution < -0.4 is 14.7 Å². The van der Waals surface area contributed by atoms with Gasteiger partial charge in [-0.25, -0.2) is 0 Å². The molecule has 1 amide bonds. The number of rotatable bonds is 6. The third-order valence-corrected chi connectivity index (χ3v) is 8.19. The Kier molecular flexibility index (Phi) is 6.81. The first-order chi connectivity index (χ1) is 18.6. The Morgan fingerprint density at radius 1 is 0.895 bits per heavy atom. The van der Waals surface area contributed by atoms with Gasteiger partial charge in [-0.3, -0.25) is 9.69 Å². The maximum absolute atomic E-state index is 13.8. The second-order valence-electron chi connectivity index (χ2n) is 10.8. The van der Waals surface area contributed by atoms with Crippen molar-refractivity contribution in [3.8, 4) is 0 Å². The molecule has 196 valence electrons. The van der Waals surface area contributed by atoms with Crippen molar-refractivity contribution >= 4 is 33.9 Å². The number of fused-ring (bicyclic) bond motifs is 2. The standard InChI is InChI=1S/C32H37N5O/c1-34(2)26-13-10-24(11-14-26)22-32(38)37-27(15-12-25-6-3-4-8-30(25)37)23-35-18-20-36(21-19-35)31-9-5-7-29-28(31)16-17-33-29/h3-11,13-14,16-17,27,33H,12,15,18-23H2,1-2H3. The molecule has 4 aromatic rings. The van der Waals surface area contributed by atoms with E-state index < -0.39 is 0 Å². The highest BCUT2D eigenvalue weighted by Gasteiger charge is 2.33. The van der Waals surface area contributed by atoms with Crippen LogP contribution in [0.5, 0.6) is 0 Å². The lowest BCUT2D eigenvalue weighted by Gasteiger charge is -2.42. The fourth-order valence-electron chi connectivity index (χ4n) is 6.10. The number of nitrogens with one attached hydrogen (secondary N) is 1. The lowest BCUT2D eigenvalue weighted by Crippen LogP contribution is -2.54. The number of para-hydroxylation sites is 1. The highest BCUT2D eigenvalue weighted by Crippen LogP contribution is 2.32. The molecule has 0 saturated carbocycles. The topological polar surface area (TPSA) is 45.8 Å². The van der Waals surface area contributed by atoms with Gasteiger partial charge in [0.15, 0.2) is 0 Å². The van der Waals surface area contributed by atoms with E-state index in [1.54, 1.807) is 0 Å². The maximum Gasteiger partial charge on any atom is 0.231 e. The molecular formula is C32H37N5O. The molecule has 6 rings (SSSR count). The van der Waals surface area contributed by atoms with Crippen LogP contribution in [0, 0.1) is 0 Å². The SMILES string of the molecule is CN(C)c1ccc(CC(=O)N2c3ccccc3CCC2CN2CCN(c3cccc4[nH]ccc34)CC2)cc1. The van der Waals surface area contributed by atoms with Crippen LogP contribution in [0.1, 0.15) is 17.5 Å². The van der Waals surface area contributed by atoms with Crippen LogP contribution in [-0.4, -0.2) is 68.7 Å². The Balaban J connectivity index is 1.16. The predicted molar refractivity (Wildman–Crippen MR) is 157 cm³/mol. The van der Waals surface area contributed by atoms with E-state index in [1.807, 2.05) is 20.3 Å². The van der Waals surface area contributed by atoms with Crippen molar-refractivity contribution in [3.63, 3.8) is 0 Å². The number of carbonyl (C=O) groups excluding carboxylic acids is 1. The van der Waals surface area contributed by atoms with E-state index in [2.05, 4.69) is 97.4 Å². The average Bonchev–Trinajstić information content (AvgIpc) is 3.43. The Morgan fingerprint density at radius 3 is 2.45 bits per heavy atom. The van der Waals surface area contributed by atoms with Crippen LogP contribution in [0.25, 0.3) is 10.9 Å². The number of piperazine rings is 1. The van der Waals surface area contributed by atoms with Gasteiger partial charge in [-0.2, -0.15) is 0 Å². The zero-order valence-electron chi connectivity index (χ0n) is 22.4. The minimum atomic E-state index is 0.192. The first-order valence-electron chi connectivity index (χ1n) is 13.8. The molecule has 1 unspecified atom stereocenters. The number of aryl methyl sites for hydroxylation is 1. The van der Waals surface area contributed by atoms with Crippen LogP contribution in [0.15, 0.2) is 79.0 Å². The molecule has 1 atom stereocenters. The van der Waals surface area contributed by atoms with Gasteiger partial charge >= 0.3 is 0 Å². The van der Waals surface area contributed by atoms with E-state index in [1.165, 1.54) is 22.2 Å². The highest BCUT2D eigenvalue weighted by molar-refractivity contribution is 5.96. The molecule has 38 heavy (non-hydrogen) atoms. The number of amides is 1. The van der Waals surface area contributed by atoms with Gasteiger partial charge in [0.2, 0.25) is 5.91 Å². The van der Waals surface area contributed by atoms with Crippen LogP contribution in [0.3, 0.4) is 0 Å². The smallest absolute Gasteiger partial charge is 0.231 e.